The fraction of sp³-hybridized carbons (Fsp3) is 0.276. The van der Waals surface area contributed by atoms with Crippen LogP contribution in [0.15, 0.2) is 71.8 Å². The van der Waals surface area contributed by atoms with Crippen molar-refractivity contribution in [2.24, 2.45) is 0 Å². The van der Waals surface area contributed by atoms with E-state index in [9.17, 15) is 4.79 Å². The molecule has 194 valence electrons. The summed E-state index contributed by atoms with van der Waals surface area (Å²) in [6, 6.07) is 17.8. The summed E-state index contributed by atoms with van der Waals surface area (Å²) in [4.78, 5) is 18.5. The van der Waals surface area contributed by atoms with Gasteiger partial charge in [-0.05, 0) is 47.7 Å². The van der Waals surface area contributed by atoms with Crippen LogP contribution in [0.3, 0.4) is 0 Å². The molecule has 3 aromatic heterocycles. The lowest BCUT2D eigenvalue weighted by Gasteiger charge is -2.13. The van der Waals surface area contributed by atoms with Crippen LogP contribution in [0, 0.1) is 0 Å². The van der Waals surface area contributed by atoms with Crippen LogP contribution < -0.4 is 10.4 Å². The van der Waals surface area contributed by atoms with Crippen LogP contribution in [0.25, 0.3) is 28.2 Å². The van der Waals surface area contributed by atoms with Gasteiger partial charge in [0.25, 0.3) is 0 Å². The van der Waals surface area contributed by atoms with Crippen molar-refractivity contribution in [2.75, 3.05) is 7.11 Å². The minimum absolute atomic E-state index is 0.0939. The summed E-state index contributed by atoms with van der Waals surface area (Å²) in [6.07, 6.45) is 7.44. The second-order valence-electron chi connectivity index (χ2n) is 9.10. The average Bonchev–Trinajstić information content (AvgIpc) is 3.61. The number of nitrogens with one attached hydrogen (secondary N) is 1. The van der Waals surface area contributed by atoms with Crippen molar-refractivity contribution in [1.29, 1.82) is 0 Å². The summed E-state index contributed by atoms with van der Waals surface area (Å²) in [5.41, 5.74) is 6.33. The van der Waals surface area contributed by atoms with Crippen molar-refractivity contribution in [3.63, 3.8) is 0 Å². The Morgan fingerprint density at radius 3 is 2.53 bits per heavy atom. The van der Waals surface area contributed by atoms with Crippen LogP contribution in [0.1, 0.15) is 43.6 Å². The number of benzene rings is 2. The van der Waals surface area contributed by atoms with Gasteiger partial charge in [0.1, 0.15) is 5.75 Å². The van der Waals surface area contributed by atoms with E-state index >= 15 is 0 Å². The van der Waals surface area contributed by atoms with E-state index in [0.29, 0.717) is 18.1 Å². The van der Waals surface area contributed by atoms with Crippen LogP contribution in [-0.2, 0) is 19.4 Å². The molecule has 0 atom stereocenters. The van der Waals surface area contributed by atoms with E-state index in [1.165, 1.54) is 0 Å². The highest BCUT2D eigenvalue weighted by atomic mass is 16.5. The van der Waals surface area contributed by atoms with Gasteiger partial charge < -0.3 is 4.74 Å². The SMILES string of the molecule is CCCCc1cn(-c2c(CC)cccc2OC)c(=O)n1Cc1ccc(-c2ccccc2-c2nn[nH]n2)cn1. The number of aromatic amines is 1. The molecule has 38 heavy (non-hydrogen) atoms. The Morgan fingerprint density at radius 2 is 1.84 bits per heavy atom. The first-order chi connectivity index (χ1) is 18.6. The summed E-state index contributed by atoms with van der Waals surface area (Å²) in [5.74, 6) is 1.22. The second kappa shape index (κ2) is 11.2. The van der Waals surface area contributed by atoms with Crippen LogP contribution in [0.5, 0.6) is 5.75 Å². The third-order valence-corrected chi connectivity index (χ3v) is 6.74. The molecule has 0 unspecified atom stereocenters. The highest BCUT2D eigenvalue weighted by molar-refractivity contribution is 5.79. The van der Waals surface area contributed by atoms with E-state index in [1.54, 1.807) is 11.7 Å². The van der Waals surface area contributed by atoms with Crippen molar-refractivity contribution in [2.45, 2.75) is 46.1 Å². The van der Waals surface area contributed by atoms with Gasteiger partial charge in [-0.15, -0.1) is 10.2 Å². The summed E-state index contributed by atoms with van der Waals surface area (Å²) in [7, 11) is 1.64. The monoisotopic (exact) mass is 509 g/mol. The zero-order chi connectivity index (χ0) is 26.5. The Balaban J connectivity index is 1.51. The number of hydrogen-bond donors (Lipinski definition) is 1. The van der Waals surface area contributed by atoms with Crippen molar-refractivity contribution < 1.29 is 4.74 Å². The highest BCUT2D eigenvalue weighted by Crippen LogP contribution is 2.30. The number of imidazole rings is 1. The zero-order valence-electron chi connectivity index (χ0n) is 21.9. The first-order valence-electron chi connectivity index (χ1n) is 12.9. The molecule has 0 saturated carbocycles. The Kier molecular flexibility index (Phi) is 7.44. The van der Waals surface area contributed by atoms with Crippen molar-refractivity contribution >= 4 is 0 Å². The summed E-state index contributed by atoms with van der Waals surface area (Å²) < 4.78 is 9.21. The highest BCUT2D eigenvalue weighted by Gasteiger charge is 2.19. The third kappa shape index (κ3) is 4.87. The number of aryl methyl sites for hydroxylation is 2. The molecule has 5 rings (SSSR count). The number of aromatic nitrogens is 7. The minimum Gasteiger partial charge on any atom is -0.495 e. The standard InChI is InChI=1S/C29H31N7O2/c1-4-6-11-23-19-36(27-20(5-2)10-9-14-26(27)38-3)29(37)35(23)18-22-16-15-21(17-30-22)24-12-7-8-13-25(24)28-31-33-34-32-28/h7-10,12-17,19H,4-6,11,18H2,1-3H3,(H,31,32,33,34). The lowest BCUT2D eigenvalue weighted by Crippen LogP contribution is -2.26. The number of unbranched alkanes of at least 4 members (excludes halogenated alkanes) is 1. The van der Waals surface area contributed by atoms with Gasteiger partial charge in [0.15, 0.2) is 0 Å². The molecule has 0 bridgehead atoms. The predicted octanol–water partition coefficient (Wildman–Crippen LogP) is 4.84. The van der Waals surface area contributed by atoms with E-state index in [4.69, 9.17) is 9.72 Å². The van der Waals surface area contributed by atoms with Crippen LogP contribution in [-0.4, -0.2) is 41.9 Å². The minimum atomic E-state index is -0.0939. The van der Waals surface area contributed by atoms with Gasteiger partial charge in [-0.2, -0.15) is 5.21 Å². The molecule has 3 heterocycles. The molecule has 0 aliphatic heterocycles. The maximum Gasteiger partial charge on any atom is 0.333 e. The van der Waals surface area contributed by atoms with Crippen molar-refractivity contribution in [3.8, 4) is 34.0 Å². The number of tetrazole rings is 1. The second-order valence-corrected chi connectivity index (χ2v) is 9.10. The number of hydrogen-bond acceptors (Lipinski definition) is 6. The predicted molar refractivity (Wildman–Crippen MR) is 147 cm³/mol. The molecule has 5 aromatic rings. The number of nitrogens with zero attached hydrogens (tertiary/aromatic N) is 6. The van der Waals surface area contributed by atoms with Crippen LogP contribution in [0.4, 0.5) is 0 Å². The maximum absolute atomic E-state index is 13.8. The van der Waals surface area contributed by atoms with Crippen LogP contribution in [0.2, 0.25) is 0 Å². The van der Waals surface area contributed by atoms with Gasteiger partial charge in [-0.3, -0.25) is 14.1 Å². The number of H-pyrrole nitrogens is 1. The van der Waals surface area contributed by atoms with E-state index < -0.39 is 0 Å². The van der Waals surface area contributed by atoms with E-state index in [1.807, 2.05) is 71.6 Å². The largest absolute Gasteiger partial charge is 0.495 e. The number of pyridine rings is 1. The molecule has 0 aliphatic rings. The van der Waals surface area contributed by atoms with Gasteiger partial charge >= 0.3 is 5.69 Å². The zero-order valence-corrected chi connectivity index (χ0v) is 21.9. The topological polar surface area (TPSA) is 104 Å². The van der Waals surface area contributed by atoms with Gasteiger partial charge in [0.05, 0.1) is 25.0 Å². The fourth-order valence-electron chi connectivity index (χ4n) is 4.75. The van der Waals surface area contributed by atoms with Gasteiger partial charge in [0.2, 0.25) is 5.82 Å². The summed E-state index contributed by atoms with van der Waals surface area (Å²) >= 11 is 0. The summed E-state index contributed by atoms with van der Waals surface area (Å²) in [5, 5.41) is 14.4. The Hall–Kier alpha value is -4.53. The Labute approximate surface area is 221 Å². The molecule has 2 aromatic carbocycles. The lowest BCUT2D eigenvalue weighted by molar-refractivity contribution is 0.412. The molecule has 9 nitrogen and oxygen atoms in total. The average molecular weight is 510 g/mol. The molecule has 0 spiro atoms. The number of methoxy groups -OCH3 is 1. The molecule has 0 saturated heterocycles. The molecular weight excluding hydrogens is 478 g/mol. The molecule has 0 fully saturated rings. The summed E-state index contributed by atoms with van der Waals surface area (Å²) in [6.45, 7) is 4.62. The number of para-hydroxylation sites is 1. The molecule has 1 N–H and O–H groups in total. The molecule has 0 aliphatic carbocycles. The normalized spacial score (nSPS) is 11.1. The first kappa shape index (κ1) is 25.1. The Morgan fingerprint density at radius 1 is 1.00 bits per heavy atom. The van der Waals surface area contributed by atoms with Crippen molar-refractivity contribution in [3.05, 3.63) is 94.4 Å². The fourth-order valence-corrected chi connectivity index (χ4v) is 4.75. The molecule has 0 radical (unpaired) electrons. The van der Waals surface area contributed by atoms with Crippen LogP contribution >= 0.6 is 0 Å². The lowest BCUT2D eigenvalue weighted by atomic mass is 10.0. The molecule has 0 amide bonds. The Bertz CT molecular complexity index is 1550. The quantitative estimate of drug-likeness (QED) is 0.289. The van der Waals surface area contributed by atoms with Gasteiger partial charge in [-0.1, -0.05) is 62.7 Å². The van der Waals surface area contributed by atoms with E-state index in [0.717, 1.165) is 65.0 Å². The smallest absolute Gasteiger partial charge is 0.333 e. The van der Waals surface area contributed by atoms with Gasteiger partial charge in [0, 0.05) is 29.2 Å². The molecular formula is C29H31N7O2. The number of ether oxygens (including phenoxy) is 1. The number of rotatable bonds is 10. The van der Waals surface area contributed by atoms with Gasteiger partial charge in [-0.25, -0.2) is 4.79 Å². The van der Waals surface area contributed by atoms with E-state index in [-0.39, 0.29) is 5.69 Å². The maximum atomic E-state index is 13.8. The van der Waals surface area contributed by atoms with E-state index in [2.05, 4.69) is 34.5 Å². The third-order valence-electron chi connectivity index (χ3n) is 6.74. The van der Waals surface area contributed by atoms with Crippen molar-refractivity contribution in [1.82, 2.24) is 34.7 Å². The molecule has 9 heteroatoms. The first-order valence-corrected chi connectivity index (χ1v) is 12.9.